The quantitative estimate of drug-likeness (QED) is 0.306. The number of rotatable bonds is 3. The van der Waals surface area contributed by atoms with E-state index in [0.29, 0.717) is 5.92 Å². The normalized spacial score (nSPS) is 13.1. The Morgan fingerprint density at radius 2 is 1.07 bits per heavy atom. The van der Waals surface area contributed by atoms with Crippen LogP contribution in [0.5, 0.6) is 11.5 Å². The Hall–Kier alpha value is -3.58. The Kier molecular flexibility index (Phi) is 4.06. The molecule has 0 amide bonds. The van der Waals surface area contributed by atoms with Gasteiger partial charge in [-0.1, -0.05) is 91.0 Å². The van der Waals surface area contributed by atoms with Gasteiger partial charge in [0, 0.05) is 17.0 Å². The van der Waals surface area contributed by atoms with Gasteiger partial charge in [-0.25, -0.2) is 0 Å². The summed E-state index contributed by atoms with van der Waals surface area (Å²) in [5.74, 6) is 2.28. The van der Waals surface area contributed by atoms with Gasteiger partial charge in [-0.05, 0) is 52.1 Å². The molecule has 1 aliphatic rings. The fourth-order valence-corrected chi connectivity index (χ4v) is 4.96. The SMILES string of the molecule is c1ccc(CCC2c3c(ccc4ccccc34)Oc3ccc4ccccc4c32)cc1. The van der Waals surface area contributed by atoms with Gasteiger partial charge >= 0.3 is 0 Å². The predicted molar refractivity (Wildman–Crippen MR) is 125 cm³/mol. The molecule has 1 nitrogen and oxygen atoms in total. The lowest BCUT2D eigenvalue weighted by Crippen LogP contribution is -2.12. The molecule has 6 rings (SSSR count). The maximum Gasteiger partial charge on any atom is 0.131 e. The summed E-state index contributed by atoms with van der Waals surface area (Å²) in [4.78, 5) is 0. The minimum Gasteiger partial charge on any atom is -0.457 e. The molecule has 144 valence electrons. The van der Waals surface area contributed by atoms with E-state index in [0.717, 1.165) is 24.3 Å². The van der Waals surface area contributed by atoms with Gasteiger partial charge in [0.15, 0.2) is 0 Å². The highest BCUT2D eigenvalue weighted by atomic mass is 16.5. The first kappa shape index (κ1) is 17.3. The number of benzene rings is 5. The first-order valence-corrected chi connectivity index (χ1v) is 10.6. The summed E-state index contributed by atoms with van der Waals surface area (Å²) in [5, 5.41) is 5.14. The van der Waals surface area contributed by atoms with E-state index in [-0.39, 0.29) is 0 Å². The van der Waals surface area contributed by atoms with E-state index in [1.54, 1.807) is 0 Å². The second-order valence-electron chi connectivity index (χ2n) is 8.08. The van der Waals surface area contributed by atoms with E-state index in [2.05, 4.69) is 103 Å². The van der Waals surface area contributed by atoms with Crippen LogP contribution >= 0.6 is 0 Å². The molecule has 5 aromatic carbocycles. The van der Waals surface area contributed by atoms with Crippen molar-refractivity contribution in [3.05, 3.63) is 120 Å². The Labute approximate surface area is 176 Å². The first-order chi connectivity index (χ1) is 14.9. The van der Waals surface area contributed by atoms with Crippen LogP contribution in [0.2, 0.25) is 0 Å². The first-order valence-electron chi connectivity index (χ1n) is 10.6. The minimum atomic E-state index is 0.293. The van der Waals surface area contributed by atoms with Crippen LogP contribution in [0.25, 0.3) is 21.5 Å². The number of ether oxygens (including phenoxy) is 1. The molecule has 1 heteroatoms. The van der Waals surface area contributed by atoms with Gasteiger partial charge in [-0.15, -0.1) is 0 Å². The monoisotopic (exact) mass is 386 g/mol. The molecule has 0 radical (unpaired) electrons. The van der Waals surface area contributed by atoms with Gasteiger partial charge in [0.25, 0.3) is 0 Å². The van der Waals surface area contributed by atoms with Crippen LogP contribution in [0.1, 0.15) is 29.0 Å². The molecule has 0 saturated heterocycles. The van der Waals surface area contributed by atoms with Crippen LogP contribution in [-0.4, -0.2) is 0 Å². The summed E-state index contributed by atoms with van der Waals surface area (Å²) in [5.41, 5.74) is 4.04. The highest BCUT2D eigenvalue weighted by Crippen LogP contribution is 2.51. The predicted octanol–water partition coefficient (Wildman–Crippen LogP) is 7.86. The Morgan fingerprint density at radius 3 is 1.67 bits per heavy atom. The molecule has 0 spiro atoms. The van der Waals surface area contributed by atoms with Gasteiger partial charge in [0.2, 0.25) is 0 Å². The average molecular weight is 386 g/mol. The van der Waals surface area contributed by atoms with Crippen LogP contribution in [0.3, 0.4) is 0 Å². The summed E-state index contributed by atoms with van der Waals surface area (Å²) in [6.07, 6.45) is 2.09. The zero-order chi connectivity index (χ0) is 19.9. The van der Waals surface area contributed by atoms with Crippen molar-refractivity contribution >= 4 is 21.5 Å². The lowest BCUT2D eigenvalue weighted by molar-refractivity contribution is 0.444. The molecule has 0 aliphatic carbocycles. The molecule has 30 heavy (non-hydrogen) atoms. The highest BCUT2D eigenvalue weighted by Gasteiger charge is 2.30. The zero-order valence-electron chi connectivity index (χ0n) is 16.7. The molecular formula is C29H22O. The minimum absolute atomic E-state index is 0.293. The summed E-state index contributed by atoms with van der Waals surface area (Å²) in [6.45, 7) is 0. The summed E-state index contributed by atoms with van der Waals surface area (Å²) >= 11 is 0. The average Bonchev–Trinajstić information content (AvgIpc) is 2.82. The van der Waals surface area contributed by atoms with Crippen molar-refractivity contribution in [2.45, 2.75) is 18.8 Å². The Morgan fingerprint density at radius 1 is 0.533 bits per heavy atom. The van der Waals surface area contributed by atoms with E-state index in [9.17, 15) is 0 Å². The number of hydrogen-bond acceptors (Lipinski definition) is 1. The van der Waals surface area contributed by atoms with Gasteiger partial charge in [0.05, 0.1) is 0 Å². The van der Waals surface area contributed by atoms with E-state index in [1.165, 1.54) is 38.2 Å². The third kappa shape index (κ3) is 2.78. The van der Waals surface area contributed by atoms with E-state index < -0.39 is 0 Å². The molecule has 0 N–H and O–H groups in total. The van der Waals surface area contributed by atoms with Gasteiger partial charge in [-0.2, -0.15) is 0 Å². The second-order valence-corrected chi connectivity index (χ2v) is 8.08. The Bertz CT molecular complexity index is 1280. The molecule has 1 aliphatic heterocycles. The molecule has 1 heterocycles. The molecular weight excluding hydrogens is 364 g/mol. The summed E-state index contributed by atoms with van der Waals surface area (Å²) < 4.78 is 6.48. The van der Waals surface area contributed by atoms with Gasteiger partial charge < -0.3 is 4.74 Å². The third-order valence-electron chi connectivity index (χ3n) is 6.34. The largest absolute Gasteiger partial charge is 0.457 e. The van der Waals surface area contributed by atoms with Crippen molar-refractivity contribution in [2.24, 2.45) is 0 Å². The van der Waals surface area contributed by atoms with E-state index in [1.807, 2.05) is 0 Å². The van der Waals surface area contributed by atoms with Crippen LogP contribution < -0.4 is 4.74 Å². The number of aryl methyl sites for hydroxylation is 1. The molecule has 0 saturated carbocycles. The fraction of sp³-hybridized carbons (Fsp3) is 0.103. The van der Waals surface area contributed by atoms with Crippen LogP contribution in [0.15, 0.2) is 103 Å². The topological polar surface area (TPSA) is 9.23 Å². The lowest BCUT2D eigenvalue weighted by atomic mass is 9.79. The van der Waals surface area contributed by atoms with Crippen molar-refractivity contribution < 1.29 is 4.74 Å². The molecule has 0 atom stereocenters. The maximum absolute atomic E-state index is 6.48. The lowest BCUT2D eigenvalue weighted by Gasteiger charge is -2.31. The zero-order valence-corrected chi connectivity index (χ0v) is 16.7. The maximum atomic E-state index is 6.48. The standard InChI is InChI=1S/C29H22O/c1-2-8-20(9-3-1)14-17-25-28-23-12-6-4-10-21(23)15-18-26(28)30-27-19-16-22-11-5-7-13-24(22)29(25)27/h1-13,15-16,18-19,25H,14,17H2. The van der Waals surface area contributed by atoms with Crippen molar-refractivity contribution in [2.75, 3.05) is 0 Å². The molecule has 0 unspecified atom stereocenters. The number of hydrogen-bond donors (Lipinski definition) is 0. The van der Waals surface area contributed by atoms with E-state index in [4.69, 9.17) is 4.74 Å². The van der Waals surface area contributed by atoms with Crippen LogP contribution in [-0.2, 0) is 6.42 Å². The third-order valence-corrected chi connectivity index (χ3v) is 6.34. The molecule has 0 fully saturated rings. The van der Waals surface area contributed by atoms with Crippen molar-refractivity contribution in [1.82, 2.24) is 0 Å². The fourth-order valence-electron chi connectivity index (χ4n) is 4.96. The van der Waals surface area contributed by atoms with Gasteiger partial charge in [0.1, 0.15) is 11.5 Å². The Balaban J connectivity index is 1.58. The molecule has 0 bridgehead atoms. The summed E-state index contributed by atoms with van der Waals surface area (Å²) in [6, 6.07) is 36.8. The molecule has 5 aromatic rings. The molecule has 0 aromatic heterocycles. The van der Waals surface area contributed by atoms with Crippen LogP contribution in [0, 0.1) is 0 Å². The van der Waals surface area contributed by atoms with Gasteiger partial charge in [-0.3, -0.25) is 0 Å². The van der Waals surface area contributed by atoms with Crippen molar-refractivity contribution in [3.63, 3.8) is 0 Å². The van der Waals surface area contributed by atoms with Crippen molar-refractivity contribution in [3.8, 4) is 11.5 Å². The smallest absolute Gasteiger partial charge is 0.131 e. The number of fused-ring (bicyclic) bond motifs is 6. The second kappa shape index (κ2) is 7.03. The van der Waals surface area contributed by atoms with E-state index >= 15 is 0 Å². The highest BCUT2D eigenvalue weighted by molar-refractivity contribution is 5.94. The van der Waals surface area contributed by atoms with Crippen molar-refractivity contribution in [1.29, 1.82) is 0 Å². The van der Waals surface area contributed by atoms with Crippen LogP contribution in [0.4, 0.5) is 0 Å². The summed E-state index contributed by atoms with van der Waals surface area (Å²) in [7, 11) is 0.